The van der Waals surface area contributed by atoms with Gasteiger partial charge < -0.3 is 0 Å². The Balaban J connectivity index is 1.44. The predicted molar refractivity (Wildman–Crippen MR) is 120 cm³/mol. The second-order valence-electron chi connectivity index (χ2n) is 8.95. The summed E-state index contributed by atoms with van der Waals surface area (Å²) < 4.78 is 27.0. The van der Waals surface area contributed by atoms with E-state index in [0.29, 0.717) is 30.1 Å². The van der Waals surface area contributed by atoms with Gasteiger partial charge in [-0.15, -0.1) is 0 Å². The number of rotatable bonds is 10. The summed E-state index contributed by atoms with van der Waals surface area (Å²) in [6, 6.07) is 17.7. The molecule has 0 saturated heterocycles. The van der Waals surface area contributed by atoms with E-state index in [0.717, 1.165) is 25.7 Å². The Hall–Kier alpha value is -1.65. The van der Waals surface area contributed by atoms with Gasteiger partial charge in [-0.3, -0.25) is 0 Å². The van der Waals surface area contributed by atoms with Crippen molar-refractivity contribution < 1.29 is 8.42 Å². The average Bonchev–Trinajstić information content (AvgIpc) is 3.44. The number of benzene rings is 2. The molecule has 4 rings (SSSR count). The molecule has 2 atom stereocenters. The zero-order valence-electron chi connectivity index (χ0n) is 17.4. The number of nitrogens with one attached hydrogen (secondary N) is 1. The van der Waals surface area contributed by atoms with Crippen LogP contribution in [-0.2, 0) is 29.3 Å². The molecule has 0 spiro atoms. The Morgan fingerprint density at radius 2 is 1.83 bits per heavy atom. The monoisotopic (exact) mass is 411 g/mol. The molecule has 0 bridgehead atoms. The van der Waals surface area contributed by atoms with E-state index in [1.807, 2.05) is 0 Å². The minimum atomic E-state index is -3.12. The van der Waals surface area contributed by atoms with E-state index in [4.69, 9.17) is 0 Å². The van der Waals surface area contributed by atoms with E-state index >= 15 is 0 Å². The van der Waals surface area contributed by atoms with Crippen LogP contribution in [-0.4, -0.2) is 20.7 Å². The first-order valence-corrected chi connectivity index (χ1v) is 12.8. The van der Waals surface area contributed by atoms with Crippen LogP contribution in [0.15, 0.2) is 48.5 Å². The summed E-state index contributed by atoms with van der Waals surface area (Å²) >= 11 is 0. The first-order valence-electron chi connectivity index (χ1n) is 11.2. The van der Waals surface area contributed by atoms with Crippen molar-refractivity contribution in [3.8, 4) is 0 Å². The standard InChI is InChI=1S/C25H33NO2S/c1-2-6-22-17-23-12-11-20(13-14-26-29(27,28)18-21-9-10-21)16-25(23)24(22)15-19-7-4-3-5-8-19/h3-5,7-8,11-12,16,21-22,24,26H,2,6,9-10,13-15,17-18H2,1H3. The van der Waals surface area contributed by atoms with Crippen molar-refractivity contribution in [2.45, 2.75) is 57.8 Å². The summed E-state index contributed by atoms with van der Waals surface area (Å²) in [5.74, 6) is 1.97. The quantitative estimate of drug-likeness (QED) is 0.607. The normalized spacial score (nSPS) is 21.3. The lowest BCUT2D eigenvalue weighted by atomic mass is 9.84. The summed E-state index contributed by atoms with van der Waals surface area (Å²) in [4.78, 5) is 0. The highest BCUT2D eigenvalue weighted by Gasteiger charge is 2.32. The summed E-state index contributed by atoms with van der Waals surface area (Å²) in [6.45, 7) is 2.78. The maximum Gasteiger partial charge on any atom is 0.211 e. The van der Waals surface area contributed by atoms with Gasteiger partial charge in [0, 0.05) is 6.54 Å². The summed E-state index contributed by atoms with van der Waals surface area (Å²) in [6.07, 6.45) is 7.64. The SMILES string of the molecule is CCCC1Cc2ccc(CCNS(=O)(=O)CC3CC3)cc2C1Cc1ccccc1. The van der Waals surface area contributed by atoms with Crippen molar-refractivity contribution in [2.75, 3.05) is 12.3 Å². The minimum absolute atomic E-state index is 0.301. The lowest BCUT2D eigenvalue weighted by molar-refractivity contribution is 0.418. The Kier molecular flexibility index (Phi) is 6.41. The molecule has 1 N–H and O–H groups in total. The molecule has 2 aromatic carbocycles. The molecule has 0 aromatic heterocycles. The van der Waals surface area contributed by atoms with Gasteiger partial charge in [-0.2, -0.15) is 0 Å². The van der Waals surface area contributed by atoms with Gasteiger partial charge in [0.25, 0.3) is 0 Å². The number of fused-ring (bicyclic) bond motifs is 1. The van der Waals surface area contributed by atoms with Gasteiger partial charge in [0.1, 0.15) is 0 Å². The van der Waals surface area contributed by atoms with E-state index in [-0.39, 0.29) is 0 Å². The van der Waals surface area contributed by atoms with Crippen molar-refractivity contribution in [1.82, 2.24) is 4.72 Å². The second kappa shape index (κ2) is 9.01. The Bertz CT molecular complexity index is 919. The molecule has 2 aliphatic carbocycles. The molecule has 156 valence electrons. The van der Waals surface area contributed by atoms with Crippen molar-refractivity contribution in [1.29, 1.82) is 0 Å². The second-order valence-corrected chi connectivity index (χ2v) is 10.8. The molecule has 2 aromatic rings. The van der Waals surface area contributed by atoms with Crippen LogP contribution in [0.25, 0.3) is 0 Å². The van der Waals surface area contributed by atoms with Gasteiger partial charge in [0.15, 0.2) is 0 Å². The van der Waals surface area contributed by atoms with Crippen LogP contribution in [0, 0.1) is 11.8 Å². The molecule has 3 nitrogen and oxygen atoms in total. The molecular formula is C25H33NO2S. The van der Waals surface area contributed by atoms with Crippen molar-refractivity contribution in [3.63, 3.8) is 0 Å². The average molecular weight is 412 g/mol. The molecule has 1 saturated carbocycles. The van der Waals surface area contributed by atoms with E-state index in [1.165, 1.54) is 41.5 Å². The lowest BCUT2D eigenvalue weighted by Crippen LogP contribution is -2.29. The maximum absolute atomic E-state index is 12.1. The zero-order chi connectivity index (χ0) is 20.3. The van der Waals surface area contributed by atoms with Gasteiger partial charge in [0.05, 0.1) is 5.75 Å². The van der Waals surface area contributed by atoms with Crippen molar-refractivity contribution in [2.24, 2.45) is 11.8 Å². The fraction of sp³-hybridized carbons (Fsp3) is 0.520. The third kappa shape index (κ3) is 5.49. The highest BCUT2D eigenvalue weighted by molar-refractivity contribution is 7.89. The van der Waals surface area contributed by atoms with Crippen LogP contribution in [0.2, 0.25) is 0 Å². The van der Waals surface area contributed by atoms with Crippen LogP contribution in [0.1, 0.15) is 60.8 Å². The summed E-state index contributed by atoms with van der Waals surface area (Å²) in [5.41, 5.74) is 5.63. The van der Waals surface area contributed by atoms with Crippen LogP contribution < -0.4 is 4.72 Å². The Morgan fingerprint density at radius 3 is 2.55 bits per heavy atom. The Morgan fingerprint density at radius 1 is 1.03 bits per heavy atom. The molecular weight excluding hydrogens is 378 g/mol. The van der Waals surface area contributed by atoms with Gasteiger partial charge >= 0.3 is 0 Å². The summed E-state index contributed by atoms with van der Waals surface area (Å²) in [7, 11) is -3.12. The van der Waals surface area contributed by atoms with E-state index < -0.39 is 10.0 Å². The molecule has 1 fully saturated rings. The van der Waals surface area contributed by atoms with E-state index in [9.17, 15) is 8.42 Å². The third-order valence-electron chi connectivity index (χ3n) is 6.51. The first-order chi connectivity index (χ1) is 14.0. The smallest absolute Gasteiger partial charge is 0.211 e. The predicted octanol–water partition coefficient (Wildman–Crippen LogP) is 4.86. The fourth-order valence-corrected chi connectivity index (χ4v) is 6.32. The third-order valence-corrected chi connectivity index (χ3v) is 8.06. The number of hydrogen-bond acceptors (Lipinski definition) is 2. The molecule has 0 amide bonds. The largest absolute Gasteiger partial charge is 0.215 e. The van der Waals surface area contributed by atoms with Gasteiger partial charge in [-0.1, -0.05) is 61.9 Å². The maximum atomic E-state index is 12.1. The zero-order valence-corrected chi connectivity index (χ0v) is 18.3. The molecule has 0 aliphatic heterocycles. The van der Waals surface area contributed by atoms with Gasteiger partial charge in [-0.05, 0) is 78.5 Å². The molecule has 2 aliphatic rings. The van der Waals surface area contributed by atoms with Crippen molar-refractivity contribution in [3.05, 3.63) is 70.8 Å². The number of sulfonamides is 1. The topological polar surface area (TPSA) is 46.2 Å². The summed E-state index contributed by atoms with van der Waals surface area (Å²) in [5, 5.41) is 0. The van der Waals surface area contributed by atoms with E-state index in [2.05, 4.69) is 60.2 Å². The number of hydrogen-bond donors (Lipinski definition) is 1. The van der Waals surface area contributed by atoms with Crippen LogP contribution in [0.4, 0.5) is 0 Å². The molecule has 0 radical (unpaired) electrons. The lowest BCUT2D eigenvalue weighted by Gasteiger charge is -2.20. The molecule has 29 heavy (non-hydrogen) atoms. The molecule has 4 heteroatoms. The van der Waals surface area contributed by atoms with Gasteiger partial charge in [-0.25, -0.2) is 13.1 Å². The van der Waals surface area contributed by atoms with Crippen LogP contribution in [0.5, 0.6) is 0 Å². The molecule has 2 unspecified atom stereocenters. The van der Waals surface area contributed by atoms with Crippen LogP contribution >= 0.6 is 0 Å². The minimum Gasteiger partial charge on any atom is -0.215 e. The highest BCUT2D eigenvalue weighted by Crippen LogP contribution is 2.42. The first kappa shape index (κ1) is 20.6. The van der Waals surface area contributed by atoms with E-state index in [1.54, 1.807) is 0 Å². The van der Waals surface area contributed by atoms with Crippen LogP contribution in [0.3, 0.4) is 0 Å². The van der Waals surface area contributed by atoms with Crippen molar-refractivity contribution >= 4 is 10.0 Å². The van der Waals surface area contributed by atoms with Gasteiger partial charge in [0.2, 0.25) is 10.0 Å². The highest BCUT2D eigenvalue weighted by atomic mass is 32.2. The fourth-order valence-electron chi connectivity index (χ4n) is 4.83. The molecule has 0 heterocycles. The Labute approximate surface area is 176 Å².